The highest BCUT2D eigenvalue weighted by molar-refractivity contribution is 5.90. The summed E-state index contributed by atoms with van der Waals surface area (Å²) < 4.78 is 43.3. The van der Waals surface area contributed by atoms with Crippen molar-refractivity contribution in [2.75, 3.05) is 13.7 Å². The fourth-order valence-electron chi connectivity index (χ4n) is 8.57. The summed E-state index contributed by atoms with van der Waals surface area (Å²) in [6.07, 6.45) is 11.4. The van der Waals surface area contributed by atoms with E-state index < -0.39 is 65.7 Å². The van der Waals surface area contributed by atoms with Crippen LogP contribution in [0.3, 0.4) is 0 Å². The van der Waals surface area contributed by atoms with Gasteiger partial charge in [-0.1, -0.05) is 70.6 Å². The Hall–Kier alpha value is -4.03. The second-order valence-corrected chi connectivity index (χ2v) is 15.9. The normalized spacial score (nSPS) is 39.3. The van der Waals surface area contributed by atoms with E-state index in [2.05, 4.69) is 26.8 Å². The molecule has 298 valence electrons. The van der Waals surface area contributed by atoms with Gasteiger partial charge >= 0.3 is 17.9 Å². The van der Waals surface area contributed by atoms with E-state index in [9.17, 15) is 19.5 Å². The molecule has 6 rings (SSSR count). The van der Waals surface area contributed by atoms with Crippen molar-refractivity contribution < 1.29 is 52.6 Å². The number of hydrogen-bond donors (Lipinski definition) is 1. The van der Waals surface area contributed by atoms with Crippen LogP contribution in [0.4, 0.5) is 0 Å². The third kappa shape index (κ3) is 8.40. The lowest BCUT2D eigenvalue weighted by Crippen LogP contribution is -2.59. The van der Waals surface area contributed by atoms with E-state index in [4.69, 9.17) is 33.2 Å². The average Bonchev–Trinajstić information content (AvgIpc) is 3.50. The number of fused-ring (bicyclic) bond motifs is 2. The molecule has 11 nitrogen and oxygen atoms in total. The molecule has 1 spiro atoms. The lowest BCUT2D eigenvalue weighted by atomic mass is 9.70. The van der Waals surface area contributed by atoms with Crippen LogP contribution in [-0.4, -0.2) is 84.7 Å². The van der Waals surface area contributed by atoms with E-state index in [-0.39, 0.29) is 36.9 Å². The van der Waals surface area contributed by atoms with Crippen molar-refractivity contribution in [1.82, 2.24) is 0 Å². The van der Waals surface area contributed by atoms with Gasteiger partial charge in [0.15, 0.2) is 11.9 Å². The SMILES string of the molecule is CC[C@H](C)[C@H]1O[C@]2(C=C[C@@H]1C)C[C@@H]1C[C@@H](C/C=C(\C)[C@@H](OC(C)=O)[C@@H](C)/C=C/C=C3\CO[C@@H]4[C@H](OC(=O)c5ccc(OC)cc5)C(C)=C[C@@H](C(=O)O1)[C@]34O)O2. The number of carbonyl (C=O) groups excluding carboxylic acids is 3. The molecule has 2 saturated heterocycles. The third-order valence-electron chi connectivity index (χ3n) is 11.8. The number of esters is 3. The number of ether oxygens (including phenoxy) is 7. The first kappa shape index (κ1) is 40.6. The van der Waals surface area contributed by atoms with E-state index >= 15 is 0 Å². The number of hydrogen-bond acceptors (Lipinski definition) is 11. The number of benzene rings is 1. The highest BCUT2D eigenvalue weighted by Crippen LogP contribution is 2.48. The molecule has 2 fully saturated rings. The monoisotopic (exact) mass is 760 g/mol. The number of rotatable bonds is 6. The number of allylic oxidation sites excluding steroid dienone is 2. The van der Waals surface area contributed by atoms with Crippen LogP contribution in [0.15, 0.2) is 83.5 Å². The third-order valence-corrected chi connectivity index (χ3v) is 11.8. The molecular weight excluding hydrogens is 704 g/mol. The predicted octanol–water partition coefficient (Wildman–Crippen LogP) is 6.75. The van der Waals surface area contributed by atoms with Gasteiger partial charge in [0.2, 0.25) is 0 Å². The van der Waals surface area contributed by atoms with Crippen LogP contribution >= 0.6 is 0 Å². The Labute approximate surface area is 324 Å². The second kappa shape index (κ2) is 16.6. The lowest BCUT2D eigenvalue weighted by molar-refractivity contribution is -0.300. The smallest absolute Gasteiger partial charge is 0.338 e. The summed E-state index contributed by atoms with van der Waals surface area (Å²) in [7, 11) is 1.54. The molecule has 1 aromatic rings. The fourth-order valence-corrected chi connectivity index (χ4v) is 8.57. The standard InChI is InChI=1S/C44H56O11/c1-9-25(2)38-28(5)19-20-43(55-38)23-35-22-34(54-43)16-13-27(4)37(51-30(7)45)26(3)11-10-12-32-24-50-40-39(29(6)21-36(42(47)52-35)44(32,40)48)53-41(46)31-14-17-33(49-8)18-15-31/h10-15,17-21,25-26,28,34-40,48H,9,16,22-24H2,1-8H3/b11-10+,27-13+,32-12+/t25-,26-,28-,34+,35-,36-,37-,38+,39+,40+,43+,44+/m0/s1. The molecular formula is C44H56O11. The van der Waals surface area contributed by atoms with Gasteiger partial charge in [-0.3, -0.25) is 9.59 Å². The van der Waals surface area contributed by atoms with Crippen LogP contribution in [0, 0.1) is 23.7 Å². The quantitative estimate of drug-likeness (QED) is 0.187. The minimum atomic E-state index is -1.92. The summed E-state index contributed by atoms with van der Waals surface area (Å²) in [5.41, 5.74) is 0.202. The Morgan fingerprint density at radius 1 is 1.00 bits per heavy atom. The topological polar surface area (TPSA) is 136 Å². The van der Waals surface area contributed by atoms with Crippen LogP contribution in [0.25, 0.3) is 0 Å². The molecule has 1 aromatic carbocycles. The Bertz CT molecular complexity index is 1760. The molecule has 0 radical (unpaired) electrons. The Balaban J connectivity index is 1.39. The molecule has 4 heterocycles. The first-order chi connectivity index (χ1) is 26.2. The molecule has 55 heavy (non-hydrogen) atoms. The van der Waals surface area contributed by atoms with Crippen LogP contribution in [0.1, 0.15) is 84.5 Å². The second-order valence-electron chi connectivity index (χ2n) is 15.9. The van der Waals surface area contributed by atoms with E-state index in [1.807, 2.05) is 32.1 Å². The summed E-state index contributed by atoms with van der Waals surface area (Å²) in [6, 6.07) is 6.52. The molecule has 1 aliphatic carbocycles. The van der Waals surface area contributed by atoms with Crippen molar-refractivity contribution in [1.29, 1.82) is 0 Å². The Kier molecular flexibility index (Phi) is 12.3. The van der Waals surface area contributed by atoms with Gasteiger partial charge in [-0.2, -0.15) is 0 Å². The van der Waals surface area contributed by atoms with Crippen molar-refractivity contribution in [2.24, 2.45) is 23.7 Å². The Morgan fingerprint density at radius 2 is 1.75 bits per heavy atom. The van der Waals surface area contributed by atoms with Gasteiger partial charge in [0.25, 0.3) is 0 Å². The van der Waals surface area contributed by atoms with Gasteiger partial charge in [-0.05, 0) is 73.2 Å². The molecule has 0 amide bonds. The first-order valence-corrected chi connectivity index (χ1v) is 19.5. The molecule has 4 aliphatic heterocycles. The Morgan fingerprint density at radius 3 is 2.44 bits per heavy atom. The van der Waals surface area contributed by atoms with E-state index in [0.717, 1.165) is 12.0 Å². The van der Waals surface area contributed by atoms with Crippen molar-refractivity contribution in [3.8, 4) is 5.75 Å². The van der Waals surface area contributed by atoms with Crippen LogP contribution < -0.4 is 4.74 Å². The van der Waals surface area contributed by atoms with Gasteiger partial charge in [-0.25, -0.2) is 4.79 Å². The van der Waals surface area contributed by atoms with E-state index in [1.54, 1.807) is 56.5 Å². The number of methoxy groups -OCH3 is 1. The summed E-state index contributed by atoms with van der Waals surface area (Å²) >= 11 is 0. The average molecular weight is 761 g/mol. The fraction of sp³-hybridized carbons (Fsp3) is 0.568. The summed E-state index contributed by atoms with van der Waals surface area (Å²) in [5.74, 6) is -3.19. The molecule has 0 saturated carbocycles. The minimum absolute atomic E-state index is 0.0239. The minimum Gasteiger partial charge on any atom is -0.497 e. The zero-order valence-electron chi connectivity index (χ0n) is 33.2. The summed E-state index contributed by atoms with van der Waals surface area (Å²) in [4.78, 5) is 40.2. The molecule has 5 aliphatic rings. The van der Waals surface area contributed by atoms with Gasteiger partial charge in [-0.15, -0.1) is 0 Å². The van der Waals surface area contributed by atoms with E-state index in [1.165, 1.54) is 6.92 Å². The van der Waals surface area contributed by atoms with Crippen molar-refractivity contribution in [3.05, 3.63) is 89.1 Å². The van der Waals surface area contributed by atoms with Gasteiger partial charge in [0.1, 0.15) is 35.6 Å². The molecule has 2 bridgehead atoms. The number of carbonyl (C=O) groups is 3. The van der Waals surface area contributed by atoms with Gasteiger partial charge in [0, 0.05) is 31.6 Å². The maximum absolute atomic E-state index is 14.5. The van der Waals surface area contributed by atoms with Gasteiger partial charge in [0.05, 0.1) is 31.5 Å². The zero-order chi connectivity index (χ0) is 39.7. The predicted molar refractivity (Wildman–Crippen MR) is 204 cm³/mol. The van der Waals surface area contributed by atoms with Crippen molar-refractivity contribution in [3.63, 3.8) is 0 Å². The molecule has 12 atom stereocenters. The molecule has 11 heteroatoms. The highest BCUT2D eigenvalue weighted by atomic mass is 16.7. The van der Waals surface area contributed by atoms with Crippen LogP contribution in [0.5, 0.6) is 5.75 Å². The first-order valence-electron chi connectivity index (χ1n) is 19.5. The van der Waals surface area contributed by atoms with E-state index in [0.29, 0.717) is 35.3 Å². The number of aliphatic hydroxyl groups is 1. The largest absolute Gasteiger partial charge is 0.497 e. The van der Waals surface area contributed by atoms with Crippen molar-refractivity contribution in [2.45, 2.75) is 122 Å². The van der Waals surface area contributed by atoms with Crippen LogP contribution in [-0.2, 0) is 38.0 Å². The highest BCUT2D eigenvalue weighted by Gasteiger charge is 2.61. The molecule has 1 N–H and O–H groups in total. The van der Waals surface area contributed by atoms with Gasteiger partial charge < -0.3 is 38.3 Å². The van der Waals surface area contributed by atoms with Crippen LogP contribution in [0.2, 0.25) is 0 Å². The zero-order valence-corrected chi connectivity index (χ0v) is 33.2. The summed E-state index contributed by atoms with van der Waals surface area (Å²) in [6.45, 7) is 13.4. The lowest BCUT2D eigenvalue weighted by Gasteiger charge is -2.48. The van der Waals surface area contributed by atoms with Crippen molar-refractivity contribution >= 4 is 17.9 Å². The maximum atomic E-state index is 14.5. The maximum Gasteiger partial charge on any atom is 0.338 e. The molecule has 0 unspecified atom stereocenters. The molecule has 0 aromatic heterocycles. The summed E-state index contributed by atoms with van der Waals surface area (Å²) in [5, 5.41) is 12.8.